The third-order valence-electron chi connectivity index (χ3n) is 3.32. The number of hydrogen-bond donors (Lipinski definition) is 1. The van der Waals surface area contributed by atoms with Gasteiger partial charge in [0.2, 0.25) is 0 Å². The van der Waals surface area contributed by atoms with E-state index in [1.807, 2.05) is 0 Å². The van der Waals surface area contributed by atoms with E-state index in [4.69, 9.17) is 4.42 Å². The van der Waals surface area contributed by atoms with Crippen molar-refractivity contribution in [3.63, 3.8) is 0 Å². The Kier molecular flexibility index (Phi) is 4.02. The molecule has 2 heterocycles. The van der Waals surface area contributed by atoms with Gasteiger partial charge >= 0.3 is 6.03 Å². The first-order valence-electron chi connectivity index (χ1n) is 6.38. The minimum absolute atomic E-state index is 0.161. The van der Waals surface area contributed by atoms with E-state index >= 15 is 0 Å². The number of carbonyl (C=O) groups excluding carboxylic acids is 2. The van der Waals surface area contributed by atoms with Crippen molar-refractivity contribution in [1.29, 1.82) is 0 Å². The van der Waals surface area contributed by atoms with Gasteiger partial charge in [-0.25, -0.2) is 4.79 Å². The van der Waals surface area contributed by atoms with Crippen LogP contribution in [0, 0.1) is 0 Å². The highest BCUT2D eigenvalue weighted by Crippen LogP contribution is 2.19. The van der Waals surface area contributed by atoms with E-state index in [0.29, 0.717) is 0 Å². The molecule has 3 amide bonds. The minimum Gasteiger partial charge on any atom is -0.459 e. The highest BCUT2D eigenvalue weighted by molar-refractivity contribution is 6.02. The van der Waals surface area contributed by atoms with Gasteiger partial charge in [0.05, 0.1) is 6.26 Å². The van der Waals surface area contributed by atoms with Crippen molar-refractivity contribution in [2.75, 3.05) is 6.54 Å². The van der Waals surface area contributed by atoms with Gasteiger partial charge in [-0.3, -0.25) is 10.1 Å². The summed E-state index contributed by atoms with van der Waals surface area (Å²) in [7, 11) is 0. The number of carbonyl (C=O) groups is 2. The topological polar surface area (TPSA) is 62.6 Å². The Bertz CT molecular complexity index is 414. The minimum atomic E-state index is -0.481. The molecule has 0 saturated carbocycles. The molecular formula is C13H18N2O3. The monoisotopic (exact) mass is 250 g/mol. The molecule has 5 nitrogen and oxygen atoms in total. The van der Waals surface area contributed by atoms with Crippen LogP contribution in [0.1, 0.15) is 43.2 Å². The zero-order valence-electron chi connectivity index (χ0n) is 10.5. The first-order chi connectivity index (χ1) is 8.72. The summed E-state index contributed by atoms with van der Waals surface area (Å²) in [5.41, 5.74) is 0. The van der Waals surface area contributed by atoms with Gasteiger partial charge in [0.25, 0.3) is 5.91 Å². The number of urea groups is 1. The molecule has 0 radical (unpaired) electrons. The van der Waals surface area contributed by atoms with Crippen LogP contribution in [0.2, 0.25) is 0 Å². The van der Waals surface area contributed by atoms with Crippen molar-refractivity contribution in [3.05, 3.63) is 24.2 Å². The van der Waals surface area contributed by atoms with Crippen LogP contribution in [0.4, 0.5) is 4.79 Å². The number of amides is 3. The second-order valence-electron chi connectivity index (χ2n) is 4.49. The van der Waals surface area contributed by atoms with Crippen molar-refractivity contribution >= 4 is 11.9 Å². The average molecular weight is 250 g/mol. The van der Waals surface area contributed by atoms with Crippen molar-refractivity contribution in [2.24, 2.45) is 0 Å². The van der Waals surface area contributed by atoms with E-state index in [1.54, 1.807) is 11.0 Å². The molecule has 1 unspecified atom stereocenters. The predicted molar refractivity (Wildman–Crippen MR) is 66.2 cm³/mol. The Morgan fingerprint density at radius 1 is 1.50 bits per heavy atom. The maximum atomic E-state index is 12.0. The molecule has 1 saturated heterocycles. The molecule has 18 heavy (non-hydrogen) atoms. The largest absolute Gasteiger partial charge is 0.459 e. The molecule has 0 bridgehead atoms. The number of nitrogens with one attached hydrogen (secondary N) is 1. The standard InChI is InChI=1S/C13H18N2O3/c1-2-10-6-3-4-8-15(10)13(17)14-12(16)11-7-5-9-18-11/h5,7,9-10H,2-4,6,8H2,1H3,(H,14,16,17). The first-order valence-corrected chi connectivity index (χ1v) is 6.38. The molecule has 2 rings (SSSR count). The number of nitrogens with zero attached hydrogens (tertiary/aromatic N) is 1. The Morgan fingerprint density at radius 2 is 2.33 bits per heavy atom. The number of rotatable bonds is 2. The normalized spacial score (nSPS) is 19.6. The summed E-state index contributed by atoms with van der Waals surface area (Å²) in [6.07, 6.45) is 5.49. The molecule has 5 heteroatoms. The first kappa shape index (κ1) is 12.7. The summed E-state index contributed by atoms with van der Waals surface area (Å²) in [5, 5.41) is 2.37. The summed E-state index contributed by atoms with van der Waals surface area (Å²) < 4.78 is 4.95. The predicted octanol–water partition coefficient (Wildman–Crippen LogP) is 2.39. The van der Waals surface area contributed by atoms with Gasteiger partial charge in [-0.2, -0.15) is 0 Å². The number of furan rings is 1. The number of piperidine rings is 1. The van der Waals surface area contributed by atoms with Gasteiger partial charge in [0, 0.05) is 12.6 Å². The van der Waals surface area contributed by atoms with E-state index in [2.05, 4.69) is 12.2 Å². The second-order valence-corrected chi connectivity index (χ2v) is 4.49. The van der Waals surface area contributed by atoms with E-state index in [0.717, 1.165) is 32.2 Å². The third kappa shape index (κ3) is 2.72. The summed E-state index contributed by atoms with van der Waals surface area (Å²) >= 11 is 0. The third-order valence-corrected chi connectivity index (χ3v) is 3.32. The fourth-order valence-corrected chi connectivity index (χ4v) is 2.33. The number of likely N-dealkylation sites (tertiary alicyclic amines) is 1. The molecule has 1 fully saturated rings. The lowest BCUT2D eigenvalue weighted by Gasteiger charge is -2.34. The summed E-state index contributed by atoms with van der Waals surface area (Å²) in [6.45, 7) is 2.78. The van der Waals surface area contributed by atoms with Crippen molar-refractivity contribution in [3.8, 4) is 0 Å². The van der Waals surface area contributed by atoms with Crippen molar-refractivity contribution in [1.82, 2.24) is 10.2 Å². The highest BCUT2D eigenvalue weighted by atomic mass is 16.3. The van der Waals surface area contributed by atoms with Crippen LogP contribution >= 0.6 is 0 Å². The van der Waals surface area contributed by atoms with Crippen LogP contribution in [0.3, 0.4) is 0 Å². The quantitative estimate of drug-likeness (QED) is 0.876. The van der Waals surface area contributed by atoms with Crippen LogP contribution in [0.15, 0.2) is 22.8 Å². The molecular weight excluding hydrogens is 232 g/mol. The van der Waals surface area contributed by atoms with Crippen molar-refractivity contribution in [2.45, 2.75) is 38.6 Å². The Labute approximate surface area is 106 Å². The van der Waals surface area contributed by atoms with Crippen LogP contribution in [0.25, 0.3) is 0 Å². The molecule has 98 valence electrons. The maximum Gasteiger partial charge on any atom is 0.324 e. The average Bonchev–Trinajstić information content (AvgIpc) is 2.92. The molecule has 1 aliphatic heterocycles. The van der Waals surface area contributed by atoms with Gasteiger partial charge in [-0.15, -0.1) is 0 Å². The van der Waals surface area contributed by atoms with Gasteiger partial charge in [-0.05, 0) is 37.8 Å². The Morgan fingerprint density at radius 3 is 3.00 bits per heavy atom. The van der Waals surface area contributed by atoms with Gasteiger partial charge in [0.15, 0.2) is 5.76 Å². The molecule has 1 aliphatic rings. The van der Waals surface area contributed by atoms with Crippen molar-refractivity contribution < 1.29 is 14.0 Å². The number of hydrogen-bond acceptors (Lipinski definition) is 3. The summed E-state index contributed by atoms with van der Waals surface area (Å²) in [6, 6.07) is 3.08. The van der Waals surface area contributed by atoms with Gasteiger partial charge < -0.3 is 9.32 Å². The lowest BCUT2D eigenvalue weighted by molar-refractivity contribution is 0.0906. The second kappa shape index (κ2) is 5.71. The molecule has 1 aromatic rings. The van der Waals surface area contributed by atoms with Gasteiger partial charge in [0.1, 0.15) is 0 Å². The zero-order valence-corrected chi connectivity index (χ0v) is 10.5. The van der Waals surface area contributed by atoms with Crippen LogP contribution < -0.4 is 5.32 Å². The SMILES string of the molecule is CCC1CCCCN1C(=O)NC(=O)c1ccco1. The smallest absolute Gasteiger partial charge is 0.324 e. The molecule has 1 atom stereocenters. The van der Waals surface area contributed by atoms with Gasteiger partial charge in [-0.1, -0.05) is 6.92 Å². The van der Waals surface area contributed by atoms with Crippen LogP contribution in [-0.2, 0) is 0 Å². The van der Waals surface area contributed by atoms with Crippen LogP contribution in [-0.4, -0.2) is 29.4 Å². The summed E-state index contributed by atoms with van der Waals surface area (Å²) in [4.78, 5) is 25.5. The molecule has 1 N–H and O–H groups in total. The van der Waals surface area contributed by atoms with E-state index in [9.17, 15) is 9.59 Å². The van der Waals surface area contributed by atoms with Crippen LogP contribution in [0.5, 0.6) is 0 Å². The highest BCUT2D eigenvalue weighted by Gasteiger charge is 2.26. The Balaban J connectivity index is 1.96. The molecule has 1 aromatic heterocycles. The number of imide groups is 1. The maximum absolute atomic E-state index is 12.0. The summed E-state index contributed by atoms with van der Waals surface area (Å²) in [5.74, 6) is -0.321. The Hall–Kier alpha value is -1.78. The van der Waals surface area contributed by atoms with E-state index in [1.165, 1.54) is 12.3 Å². The lowest BCUT2D eigenvalue weighted by Crippen LogP contribution is -2.49. The fourth-order valence-electron chi connectivity index (χ4n) is 2.33. The molecule has 0 spiro atoms. The van der Waals surface area contributed by atoms with E-state index in [-0.39, 0.29) is 17.8 Å². The molecule has 0 aromatic carbocycles. The lowest BCUT2D eigenvalue weighted by atomic mass is 10.0. The fraction of sp³-hybridized carbons (Fsp3) is 0.538. The molecule has 0 aliphatic carbocycles. The van der Waals surface area contributed by atoms with E-state index < -0.39 is 5.91 Å². The zero-order chi connectivity index (χ0) is 13.0.